The van der Waals surface area contributed by atoms with Gasteiger partial charge in [-0.05, 0) is 72.4 Å². The molecule has 1 aliphatic rings. The van der Waals surface area contributed by atoms with Crippen LogP contribution >= 0.6 is 38.5 Å². The predicted molar refractivity (Wildman–Crippen MR) is 106 cm³/mol. The first kappa shape index (κ1) is 20.0. The lowest BCUT2D eigenvalue weighted by Crippen LogP contribution is -2.37. The van der Waals surface area contributed by atoms with E-state index in [9.17, 15) is 4.79 Å². The van der Waals surface area contributed by atoms with Crippen molar-refractivity contribution in [2.75, 3.05) is 18.7 Å². The van der Waals surface area contributed by atoms with Crippen LogP contribution in [0.15, 0.2) is 18.2 Å². The Morgan fingerprint density at radius 2 is 2.00 bits per heavy atom. The molecule has 24 heavy (non-hydrogen) atoms. The lowest BCUT2D eigenvalue weighted by atomic mass is 9.88. The molecule has 6 heteroatoms. The molecule has 0 aliphatic heterocycles. The average molecular weight is 511 g/mol. The SMILES string of the molecule is CC(C)C1(OC(=O)c2cc(I)ccc2OCCOCBr)CCCC1. The van der Waals surface area contributed by atoms with E-state index < -0.39 is 0 Å². The second-order valence-electron chi connectivity index (χ2n) is 6.32. The Morgan fingerprint density at radius 1 is 1.29 bits per heavy atom. The molecule has 0 spiro atoms. The molecule has 0 heterocycles. The van der Waals surface area contributed by atoms with Gasteiger partial charge < -0.3 is 14.2 Å². The lowest BCUT2D eigenvalue weighted by Gasteiger charge is -2.33. The van der Waals surface area contributed by atoms with Crippen molar-refractivity contribution in [2.45, 2.75) is 45.1 Å². The molecule has 1 aliphatic carbocycles. The minimum Gasteiger partial charge on any atom is -0.490 e. The van der Waals surface area contributed by atoms with Crippen LogP contribution in [0.4, 0.5) is 0 Å². The van der Waals surface area contributed by atoms with Crippen molar-refractivity contribution < 1.29 is 19.0 Å². The third-order valence-electron chi connectivity index (χ3n) is 4.52. The zero-order valence-electron chi connectivity index (χ0n) is 14.1. The molecule has 2 rings (SSSR count). The van der Waals surface area contributed by atoms with Crippen LogP contribution < -0.4 is 4.74 Å². The molecule has 0 N–H and O–H groups in total. The zero-order chi connectivity index (χ0) is 17.6. The second kappa shape index (κ2) is 9.38. The smallest absolute Gasteiger partial charge is 0.342 e. The first-order chi connectivity index (χ1) is 11.5. The third kappa shape index (κ3) is 5.08. The largest absolute Gasteiger partial charge is 0.490 e. The van der Waals surface area contributed by atoms with Crippen molar-refractivity contribution in [2.24, 2.45) is 5.92 Å². The molecule has 1 saturated carbocycles. The van der Waals surface area contributed by atoms with Gasteiger partial charge in [-0.25, -0.2) is 4.79 Å². The van der Waals surface area contributed by atoms with E-state index in [0.717, 1.165) is 29.3 Å². The van der Waals surface area contributed by atoms with Gasteiger partial charge in [-0.15, -0.1) is 0 Å². The summed E-state index contributed by atoms with van der Waals surface area (Å²) in [6.45, 7) is 5.11. The van der Waals surface area contributed by atoms with Crippen LogP contribution in [-0.4, -0.2) is 30.3 Å². The topological polar surface area (TPSA) is 44.8 Å². The van der Waals surface area contributed by atoms with Gasteiger partial charge in [-0.2, -0.15) is 0 Å². The Labute approximate surface area is 165 Å². The number of hydrogen-bond donors (Lipinski definition) is 0. The summed E-state index contributed by atoms with van der Waals surface area (Å²) in [5.41, 5.74) is 0.622. The quantitative estimate of drug-likeness (QED) is 0.209. The van der Waals surface area contributed by atoms with Gasteiger partial charge in [0.05, 0.1) is 6.61 Å². The van der Waals surface area contributed by atoms with Crippen LogP contribution in [0.2, 0.25) is 0 Å². The van der Waals surface area contributed by atoms with Crippen molar-refractivity contribution in [3.05, 3.63) is 27.3 Å². The molecule has 0 amide bonds. The standard InChI is InChI=1S/C18H24BrIO4/c1-13(2)18(7-3-4-8-18)24-17(21)15-11-14(20)5-6-16(15)23-10-9-22-12-19/h5-6,11,13H,3-4,7-10,12H2,1-2H3. The van der Waals surface area contributed by atoms with Gasteiger partial charge in [-0.3, -0.25) is 0 Å². The Hall–Kier alpha value is -0.340. The lowest BCUT2D eigenvalue weighted by molar-refractivity contribution is -0.0400. The fraction of sp³-hybridized carbons (Fsp3) is 0.611. The number of hydrogen-bond acceptors (Lipinski definition) is 4. The van der Waals surface area contributed by atoms with Crippen LogP contribution in [0, 0.1) is 9.49 Å². The zero-order valence-corrected chi connectivity index (χ0v) is 17.9. The number of ether oxygens (including phenoxy) is 3. The minimum absolute atomic E-state index is 0.291. The average Bonchev–Trinajstić information content (AvgIpc) is 3.02. The molecule has 4 nitrogen and oxygen atoms in total. The maximum atomic E-state index is 12.8. The molecule has 0 saturated heterocycles. The highest BCUT2D eigenvalue weighted by atomic mass is 127. The van der Waals surface area contributed by atoms with Crippen molar-refractivity contribution in [3.63, 3.8) is 0 Å². The van der Waals surface area contributed by atoms with E-state index in [-0.39, 0.29) is 11.6 Å². The maximum Gasteiger partial charge on any atom is 0.342 e. The molecule has 1 aromatic rings. The van der Waals surface area contributed by atoms with Gasteiger partial charge in [-0.1, -0.05) is 29.8 Å². The first-order valence-electron chi connectivity index (χ1n) is 8.28. The number of carbonyl (C=O) groups excluding carboxylic acids is 1. The fourth-order valence-electron chi connectivity index (χ4n) is 3.06. The molecule has 0 atom stereocenters. The van der Waals surface area contributed by atoms with Gasteiger partial charge >= 0.3 is 5.97 Å². The summed E-state index contributed by atoms with van der Waals surface area (Å²) in [6.07, 6.45) is 4.11. The molecule has 1 aromatic carbocycles. The summed E-state index contributed by atoms with van der Waals surface area (Å²) < 4.78 is 17.9. The monoisotopic (exact) mass is 510 g/mol. The number of esters is 1. The highest BCUT2D eigenvalue weighted by Crippen LogP contribution is 2.40. The van der Waals surface area contributed by atoms with Crippen LogP contribution in [0.5, 0.6) is 5.75 Å². The minimum atomic E-state index is -0.339. The summed E-state index contributed by atoms with van der Waals surface area (Å²) in [5.74, 6) is 0.569. The fourth-order valence-corrected chi connectivity index (χ4v) is 3.78. The van der Waals surface area contributed by atoms with Crippen LogP contribution in [0.3, 0.4) is 0 Å². The molecule has 0 bridgehead atoms. The van der Waals surface area contributed by atoms with Crippen LogP contribution in [-0.2, 0) is 9.47 Å². The van der Waals surface area contributed by atoms with Gasteiger partial charge in [0.25, 0.3) is 0 Å². The number of halogens is 2. The normalized spacial score (nSPS) is 16.4. The molecular formula is C18H24BrIO4. The molecule has 134 valence electrons. The summed E-state index contributed by atoms with van der Waals surface area (Å²) in [7, 11) is 0. The van der Waals surface area contributed by atoms with E-state index >= 15 is 0 Å². The van der Waals surface area contributed by atoms with E-state index in [1.807, 2.05) is 18.2 Å². The van der Waals surface area contributed by atoms with E-state index in [2.05, 4.69) is 52.4 Å². The van der Waals surface area contributed by atoms with E-state index in [1.165, 1.54) is 0 Å². The number of alkyl halides is 1. The Bertz CT molecular complexity index is 556. The van der Waals surface area contributed by atoms with Gasteiger partial charge in [0.1, 0.15) is 29.0 Å². The number of benzene rings is 1. The summed E-state index contributed by atoms with van der Waals surface area (Å²) in [5, 5.41) is 0. The highest BCUT2D eigenvalue weighted by Gasteiger charge is 2.41. The Kier molecular flexibility index (Phi) is 7.81. The van der Waals surface area contributed by atoms with Crippen LogP contribution in [0.25, 0.3) is 0 Å². The molecule has 0 unspecified atom stereocenters. The van der Waals surface area contributed by atoms with Crippen molar-refractivity contribution >= 4 is 44.5 Å². The number of rotatable bonds is 8. The van der Waals surface area contributed by atoms with E-state index in [4.69, 9.17) is 14.2 Å². The van der Waals surface area contributed by atoms with Gasteiger partial charge in [0, 0.05) is 3.57 Å². The van der Waals surface area contributed by atoms with E-state index in [1.54, 1.807) is 0 Å². The van der Waals surface area contributed by atoms with Gasteiger partial charge in [0.15, 0.2) is 0 Å². The summed E-state index contributed by atoms with van der Waals surface area (Å²) >= 11 is 5.39. The maximum absolute atomic E-state index is 12.8. The number of carbonyl (C=O) groups is 1. The Morgan fingerprint density at radius 3 is 2.62 bits per heavy atom. The first-order valence-corrected chi connectivity index (χ1v) is 10.5. The molecule has 0 aromatic heterocycles. The second-order valence-corrected chi connectivity index (χ2v) is 8.03. The highest BCUT2D eigenvalue weighted by molar-refractivity contribution is 14.1. The van der Waals surface area contributed by atoms with Gasteiger partial charge in [0.2, 0.25) is 0 Å². The molecule has 1 fully saturated rings. The van der Waals surface area contributed by atoms with Crippen molar-refractivity contribution in [3.8, 4) is 5.75 Å². The summed E-state index contributed by atoms with van der Waals surface area (Å²) in [4.78, 5) is 12.8. The van der Waals surface area contributed by atoms with Crippen molar-refractivity contribution in [1.29, 1.82) is 0 Å². The summed E-state index contributed by atoms with van der Waals surface area (Å²) in [6, 6.07) is 5.57. The predicted octanol–water partition coefficient (Wildman–Crippen LogP) is 5.16. The molecule has 0 radical (unpaired) electrons. The third-order valence-corrected chi connectivity index (χ3v) is 5.52. The Balaban J connectivity index is 2.13. The van der Waals surface area contributed by atoms with Crippen LogP contribution in [0.1, 0.15) is 49.9 Å². The van der Waals surface area contributed by atoms with Crippen molar-refractivity contribution in [1.82, 2.24) is 0 Å². The van der Waals surface area contributed by atoms with E-state index in [0.29, 0.717) is 36.0 Å². The molecular weight excluding hydrogens is 487 g/mol.